The van der Waals surface area contributed by atoms with Gasteiger partial charge in [0.25, 0.3) is 0 Å². The normalized spacial score (nSPS) is 10.0. The number of aliphatic hydroxyl groups is 1. The topological polar surface area (TPSA) is 80.0 Å². The Kier molecular flexibility index (Phi) is 3.39. The molecule has 0 radical (unpaired) electrons. The molecule has 0 aliphatic carbocycles. The number of carbonyl (C=O) groups is 1. The average molecular weight is 184 g/mol. The Morgan fingerprint density at radius 1 is 1.77 bits per heavy atom. The second-order valence-electron chi connectivity index (χ2n) is 2.49. The molecule has 6 nitrogen and oxygen atoms in total. The van der Waals surface area contributed by atoms with Crippen LogP contribution < -0.4 is 5.32 Å². The van der Waals surface area contributed by atoms with Gasteiger partial charge in [-0.25, -0.2) is 4.68 Å². The van der Waals surface area contributed by atoms with Gasteiger partial charge in [0, 0.05) is 6.54 Å². The summed E-state index contributed by atoms with van der Waals surface area (Å²) in [6, 6.07) is 0. The van der Waals surface area contributed by atoms with Crippen molar-refractivity contribution in [2.75, 3.05) is 6.54 Å². The van der Waals surface area contributed by atoms with Crippen molar-refractivity contribution in [1.82, 2.24) is 20.3 Å². The van der Waals surface area contributed by atoms with Crippen LogP contribution in [0.4, 0.5) is 0 Å². The molecule has 2 N–H and O–H groups in total. The van der Waals surface area contributed by atoms with Gasteiger partial charge in [0.05, 0.1) is 18.5 Å². The molecule has 0 fully saturated rings. The Morgan fingerprint density at radius 2 is 2.54 bits per heavy atom. The predicted molar refractivity (Wildman–Crippen MR) is 44.6 cm³/mol. The van der Waals surface area contributed by atoms with E-state index in [0.29, 0.717) is 12.2 Å². The molecule has 0 atom stereocenters. The van der Waals surface area contributed by atoms with Crippen LogP contribution in [0.1, 0.15) is 12.6 Å². The van der Waals surface area contributed by atoms with Crippen LogP contribution in [0.25, 0.3) is 0 Å². The number of hydrogen-bond donors (Lipinski definition) is 2. The van der Waals surface area contributed by atoms with Gasteiger partial charge in [0.1, 0.15) is 6.54 Å². The Labute approximate surface area is 75.6 Å². The maximum atomic E-state index is 11.1. The minimum absolute atomic E-state index is 0.101. The predicted octanol–water partition coefficient (Wildman–Crippen LogP) is -1.09. The number of hydrogen-bond acceptors (Lipinski definition) is 4. The summed E-state index contributed by atoms with van der Waals surface area (Å²) in [5.74, 6) is -0.136. The van der Waals surface area contributed by atoms with Gasteiger partial charge in [-0.05, 0) is 6.92 Å². The molecule has 1 aromatic rings. The first-order valence-corrected chi connectivity index (χ1v) is 4.02. The van der Waals surface area contributed by atoms with Crippen molar-refractivity contribution < 1.29 is 9.90 Å². The standard InChI is InChI=1S/C7H12N4O2/c1-2-8-7(13)4-11-6(5-12)3-9-10-11/h3,12H,2,4-5H2,1H3,(H,8,13). The Hall–Kier alpha value is -1.43. The number of amides is 1. The van der Waals surface area contributed by atoms with Crippen LogP contribution >= 0.6 is 0 Å². The van der Waals surface area contributed by atoms with E-state index < -0.39 is 0 Å². The number of likely N-dealkylation sites (N-methyl/N-ethyl adjacent to an activating group) is 1. The van der Waals surface area contributed by atoms with Gasteiger partial charge >= 0.3 is 0 Å². The number of aliphatic hydroxyl groups excluding tert-OH is 1. The molecule has 0 saturated heterocycles. The van der Waals surface area contributed by atoms with E-state index >= 15 is 0 Å². The first kappa shape index (κ1) is 9.66. The zero-order chi connectivity index (χ0) is 9.68. The molecule has 0 bridgehead atoms. The molecule has 1 heterocycles. The lowest BCUT2D eigenvalue weighted by molar-refractivity contribution is -0.121. The lowest BCUT2D eigenvalue weighted by atomic mass is 10.4. The fraction of sp³-hybridized carbons (Fsp3) is 0.571. The molecule has 0 unspecified atom stereocenters. The summed E-state index contributed by atoms with van der Waals surface area (Å²) < 4.78 is 1.37. The van der Waals surface area contributed by atoms with Gasteiger partial charge in [-0.3, -0.25) is 4.79 Å². The van der Waals surface area contributed by atoms with E-state index in [0.717, 1.165) is 0 Å². The lowest BCUT2D eigenvalue weighted by Crippen LogP contribution is -2.28. The highest BCUT2D eigenvalue weighted by Crippen LogP contribution is 1.94. The third-order valence-corrected chi connectivity index (χ3v) is 1.53. The van der Waals surface area contributed by atoms with Gasteiger partial charge in [-0.2, -0.15) is 0 Å². The minimum atomic E-state index is -0.160. The molecule has 0 aliphatic rings. The van der Waals surface area contributed by atoms with Gasteiger partial charge in [0.2, 0.25) is 5.91 Å². The molecule has 1 amide bonds. The Bertz CT molecular complexity index is 284. The Morgan fingerprint density at radius 3 is 3.15 bits per heavy atom. The van der Waals surface area contributed by atoms with E-state index in [9.17, 15) is 4.79 Å². The summed E-state index contributed by atoms with van der Waals surface area (Å²) in [4.78, 5) is 11.1. The number of aromatic nitrogens is 3. The zero-order valence-corrected chi connectivity index (χ0v) is 7.40. The highest BCUT2D eigenvalue weighted by Gasteiger charge is 2.06. The third-order valence-electron chi connectivity index (χ3n) is 1.53. The van der Waals surface area contributed by atoms with E-state index in [1.165, 1.54) is 10.9 Å². The third kappa shape index (κ3) is 2.51. The van der Waals surface area contributed by atoms with Crippen LogP contribution in [0.15, 0.2) is 6.20 Å². The largest absolute Gasteiger partial charge is 0.390 e. The van der Waals surface area contributed by atoms with Crippen molar-refractivity contribution in [2.24, 2.45) is 0 Å². The van der Waals surface area contributed by atoms with Gasteiger partial charge in [-0.15, -0.1) is 5.10 Å². The highest BCUT2D eigenvalue weighted by molar-refractivity contribution is 5.75. The minimum Gasteiger partial charge on any atom is -0.390 e. The van der Waals surface area contributed by atoms with Crippen molar-refractivity contribution in [3.05, 3.63) is 11.9 Å². The SMILES string of the molecule is CCNC(=O)Cn1nncc1CO. The smallest absolute Gasteiger partial charge is 0.241 e. The maximum absolute atomic E-state index is 11.1. The van der Waals surface area contributed by atoms with E-state index in [1.54, 1.807) is 0 Å². The van der Waals surface area contributed by atoms with Crippen LogP contribution in [-0.4, -0.2) is 32.6 Å². The van der Waals surface area contributed by atoms with Crippen LogP contribution in [-0.2, 0) is 17.9 Å². The van der Waals surface area contributed by atoms with E-state index in [2.05, 4.69) is 15.6 Å². The van der Waals surface area contributed by atoms with Crippen molar-refractivity contribution in [1.29, 1.82) is 0 Å². The molecule has 72 valence electrons. The maximum Gasteiger partial charge on any atom is 0.241 e. The number of rotatable bonds is 4. The molecule has 0 aliphatic heterocycles. The summed E-state index contributed by atoms with van der Waals surface area (Å²) in [6.07, 6.45) is 1.43. The summed E-state index contributed by atoms with van der Waals surface area (Å²) >= 11 is 0. The number of nitrogens with one attached hydrogen (secondary N) is 1. The molecule has 0 saturated carbocycles. The monoisotopic (exact) mass is 184 g/mol. The van der Waals surface area contributed by atoms with Gasteiger partial charge in [0.15, 0.2) is 0 Å². The van der Waals surface area contributed by atoms with Crippen molar-refractivity contribution in [3.8, 4) is 0 Å². The highest BCUT2D eigenvalue weighted by atomic mass is 16.3. The van der Waals surface area contributed by atoms with Crippen LogP contribution in [0, 0.1) is 0 Å². The van der Waals surface area contributed by atoms with Crippen LogP contribution in [0.3, 0.4) is 0 Å². The Balaban J connectivity index is 2.57. The summed E-state index contributed by atoms with van der Waals surface area (Å²) in [5.41, 5.74) is 0.534. The molecular formula is C7H12N4O2. The summed E-state index contributed by atoms with van der Waals surface area (Å²) in [6.45, 7) is 2.37. The molecule has 13 heavy (non-hydrogen) atoms. The first-order chi connectivity index (χ1) is 6.27. The second kappa shape index (κ2) is 4.56. The first-order valence-electron chi connectivity index (χ1n) is 4.02. The number of nitrogens with zero attached hydrogens (tertiary/aromatic N) is 3. The number of carbonyl (C=O) groups excluding carboxylic acids is 1. The van der Waals surface area contributed by atoms with Gasteiger partial charge in [-0.1, -0.05) is 5.21 Å². The van der Waals surface area contributed by atoms with E-state index in [-0.39, 0.29) is 19.1 Å². The van der Waals surface area contributed by atoms with E-state index in [1.807, 2.05) is 6.92 Å². The van der Waals surface area contributed by atoms with Crippen LogP contribution in [0.2, 0.25) is 0 Å². The van der Waals surface area contributed by atoms with E-state index in [4.69, 9.17) is 5.11 Å². The molecule has 0 spiro atoms. The molecule has 6 heteroatoms. The molecule has 0 aromatic carbocycles. The van der Waals surface area contributed by atoms with Crippen LogP contribution in [0.5, 0.6) is 0 Å². The summed E-state index contributed by atoms with van der Waals surface area (Å²) in [5, 5.41) is 18.7. The lowest BCUT2D eigenvalue weighted by Gasteiger charge is -2.03. The quantitative estimate of drug-likeness (QED) is 0.623. The molecule has 1 rings (SSSR count). The fourth-order valence-corrected chi connectivity index (χ4v) is 0.924. The van der Waals surface area contributed by atoms with Crippen molar-refractivity contribution in [2.45, 2.75) is 20.1 Å². The average Bonchev–Trinajstić information content (AvgIpc) is 2.52. The van der Waals surface area contributed by atoms with Crippen molar-refractivity contribution >= 4 is 5.91 Å². The second-order valence-corrected chi connectivity index (χ2v) is 2.49. The summed E-state index contributed by atoms with van der Waals surface area (Å²) in [7, 11) is 0. The molecular weight excluding hydrogens is 172 g/mol. The fourth-order valence-electron chi connectivity index (χ4n) is 0.924. The van der Waals surface area contributed by atoms with Crippen molar-refractivity contribution in [3.63, 3.8) is 0 Å². The zero-order valence-electron chi connectivity index (χ0n) is 7.40. The van der Waals surface area contributed by atoms with Gasteiger partial charge < -0.3 is 10.4 Å². The molecule has 1 aromatic heterocycles.